The Kier molecular flexibility index (Phi) is 3.88. The first-order chi connectivity index (χ1) is 6.65. The van der Waals surface area contributed by atoms with Gasteiger partial charge in [0.1, 0.15) is 0 Å². The molecule has 1 heterocycles. The molecule has 14 heavy (non-hydrogen) atoms. The number of hydrogen-bond donors (Lipinski definition) is 1. The number of hydrogen-bond acceptors (Lipinski definition) is 3. The molecule has 0 unspecified atom stereocenters. The van der Waals surface area contributed by atoms with E-state index in [4.69, 9.17) is 5.11 Å². The van der Waals surface area contributed by atoms with E-state index >= 15 is 0 Å². The predicted octanol–water partition coefficient (Wildman–Crippen LogP) is 0.320. The van der Waals surface area contributed by atoms with Crippen molar-refractivity contribution in [2.45, 2.75) is 26.2 Å². The van der Waals surface area contributed by atoms with Gasteiger partial charge in [0.2, 0.25) is 5.91 Å². The maximum absolute atomic E-state index is 11.4. The van der Waals surface area contributed by atoms with E-state index in [1.165, 1.54) is 0 Å². The highest BCUT2D eigenvalue weighted by Gasteiger charge is 2.27. The molecule has 1 amide bonds. The standard InChI is InChI=1S/C9H16N2O3/c1-2-5-10-6-3-8(12)11(10)7-4-9(13)14/h2-7H2,1H3,(H,13,14). The number of carbonyl (C=O) groups excluding carboxylic acids is 1. The number of carboxylic acids is 1. The van der Waals surface area contributed by atoms with Gasteiger partial charge in [-0.2, -0.15) is 0 Å². The first kappa shape index (κ1) is 11.0. The van der Waals surface area contributed by atoms with Gasteiger partial charge in [-0.1, -0.05) is 6.92 Å². The van der Waals surface area contributed by atoms with Gasteiger partial charge in [-0.25, -0.2) is 5.01 Å². The van der Waals surface area contributed by atoms with Crippen LogP contribution in [0.15, 0.2) is 0 Å². The third-order valence-corrected chi connectivity index (χ3v) is 2.23. The average molecular weight is 200 g/mol. The molecule has 1 aliphatic heterocycles. The van der Waals surface area contributed by atoms with Gasteiger partial charge in [-0.15, -0.1) is 0 Å². The van der Waals surface area contributed by atoms with E-state index in [-0.39, 0.29) is 12.3 Å². The second-order valence-electron chi connectivity index (χ2n) is 3.36. The summed E-state index contributed by atoms with van der Waals surface area (Å²) in [7, 11) is 0. The quantitative estimate of drug-likeness (QED) is 0.694. The largest absolute Gasteiger partial charge is 0.481 e. The molecular formula is C9H16N2O3. The summed E-state index contributed by atoms with van der Waals surface area (Å²) in [4.78, 5) is 21.7. The van der Waals surface area contributed by atoms with E-state index < -0.39 is 5.97 Å². The summed E-state index contributed by atoms with van der Waals surface area (Å²) in [6.07, 6.45) is 1.50. The van der Waals surface area contributed by atoms with Crippen LogP contribution in [0.3, 0.4) is 0 Å². The first-order valence-corrected chi connectivity index (χ1v) is 4.92. The molecule has 0 bridgehead atoms. The number of carbonyl (C=O) groups is 2. The Balaban J connectivity index is 2.44. The third kappa shape index (κ3) is 2.70. The molecule has 0 spiro atoms. The number of rotatable bonds is 5. The molecule has 0 aromatic heterocycles. The summed E-state index contributed by atoms with van der Waals surface area (Å²) in [5, 5.41) is 12.0. The molecule has 0 saturated carbocycles. The molecule has 5 nitrogen and oxygen atoms in total. The Bertz CT molecular complexity index is 230. The van der Waals surface area contributed by atoms with Crippen LogP contribution in [0.5, 0.6) is 0 Å². The second kappa shape index (κ2) is 4.95. The Morgan fingerprint density at radius 3 is 2.79 bits per heavy atom. The lowest BCUT2D eigenvalue weighted by atomic mass is 10.4. The Hall–Kier alpha value is -1.10. The molecule has 0 aromatic rings. The topological polar surface area (TPSA) is 60.9 Å². The molecule has 1 saturated heterocycles. The average Bonchev–Trinajstić information content (AvgIpc) is 2.45. The Labute approximate surface area is 83.3 Å². The summed E-state index contributed by atoms with van der Waals surface area (Å²) in [5.41, 5.74) is 0. The van der Waals surface area contributed by atoms with Crippen molar-refractivity contribution in [2.24, 2.45) is 0 Å². The maximum Gasteiger partial charge on any atom is 0.305 e. The van der Waals surface area contributed by atoms with Crippen molar-refractivity contribution in [2.75, 3.05) is 19.6 Å². The van der Waals surface area contributed by atoms with Crippen LogP contribution in [0, 0.1) is 0 Å². The van der Waals surface area contributed by atoms with Crippen LogP contribution in [0.4, 0.5) is 0 Å². The lowest BCUT2D eigenvalue weighted by molar-refractivity contribution is -0.142. The van der Waals surface area contributed by atoms with Crippen molar-refractivity contribution < 1.29 is 14.7 Å². The highest BCUT2D eigenvalue weighted by Crippen LogP contribution is 2.12. The van der Waals surface area contributed by atoms with E-state index in [0.717, 1.165) is 19.5 Å². The van der Waals surface area contributed by atoms with Crippen LogP contribution in [0.2, 0.25) is 0 Å². The van der Waals surface area contributed by atoms with Crippen LogP contribution in [-0.4, -0.2) is 46.6 Å². The normalized spacial score (nSPS) is 17.8. The van der Waals surface area contributed by atoms with Gasteiger partial charge in [-0.05, 0) is 6.42 Å². The molecule has 0 radical (unpaired) electrons. The zero-order valence-electron chi connectivity index (χ0n) is 8.40. The summed E-state index contributed by atoms with van der Waals surface area (Å²) in [6, 6.07) is 0. The second-order valence-corrected chi connectivity index (χ2v) is 3.36. The van der Waals surface area contributed by atoms with E-state index in [1.54, 1.807) is 5.01 Å². The van der Waals surface area contributed by atoms with Crippen LogP contribution < -0.4 is 0 Å². The van der Waals surface area contributed by atoms with Gasteiger partial charge in [-0.3, -0.25) is 14.6 Å². The molecule has 0 atom stereocenters. The van der Waals surface area contributed by atoms with Crippen LogP contribution in [0.1, 0.15) is 26.2 Å². The minimum atomic E-state index is -0.860. The van der Waals surface area contributed by atoms with Crippen LogP contribution in [0.25, 0.3) is 0 Å². The molecule has 1 fully saturated rings. The maximum atomic E-state index is 11.4. The van der Waals surface area contributed by atoms with Gasteiger partial charge < -0.3 is 5.11 Å². The summed E-state index contributed by atoms with van der Waals surface area (Å²) < 4.78 is 0. The van der Waals surface area contributed by atoms with Crippen molar-refractivity contribution in [1.29, 1.82) is 0 Å². The van der Waals surface area contributed by atoms with Gasteiger partial charge in [0.25, 0.3) is 0 Å². The third-order valence-electron chi connectivity index (χ3n) is 2.23. The van der Waals surface area contributed by atoms with Gasteiger partial charge in [0.05, 0.1) is 6.42 Å². The first-order valence-electron chi connectivity index (χ1n) is 4.92. The molecule has 0 aliphatic carbocycles. The van der Waals surface area contributed by atoms with Crippen molar-refractivity contribution in [1.82, 2.24) is 10.0 Å². The fourth-order valence-electron chi connectivity index (χ4n) is 1.59. The minimum absolute atomic E-state index is 0.0198. The predicted molar refractivity (Wildman–Crippen MR) is 50.4 cm³/mol. The zero-order chi connectivity index (χ0) is 10.6. The number of hydrazine groups is 1. The lowest BCUT2D eigenvalue weighted by Gasteiger charge is -2.26. The van der Waals surface area contributed by atoms with Crippen molar-refractivity contribution in [3.8, 4) is 0 Å². The van der Waals surface area contributed by atoms with Gasteiger partial charge in [0.15, 0.2) is 0 Å². The SMILES string of the molecule is CCCN1CCC(=O)N1CCC(=O)O. The van der Waals surface area contributed by atoms with Crippen LogP contribution in [-0.2, 0) is 9.59 Å². The summed E-state index contributed by atoms with van der Waals surface area (Å²) >= 11 is 0. The summed E-state index contributed by atoms with van der Waals surface area (Å²) in [5.74, 6) is -0.819. The Morgan fingerprint density at radius 2 is 2.21 bits per heavy atom. The zero-order valence-corrected chi connectivity index (χ0v) is 8.40. The van der Waals surface area contributed by atoms with E-state index in [9.17, 15) is 9.59 Å². The molecule has 1 aliphatic rings. The van der Waals surface area contributed by atoms with Crippen molar-refractivity contribution in [3.05, 3.63) is 0 Å². The van der Waals surface area contributed by atoms with E-state index in [0.29, 0.717) is 13.0 Å². The summed E-state index contributed by atoms with van der Waals surface area (Å²) in [6.45, 7) is 3.89. The highest BCUT2D eigenvalue weighted by molar-refractivity contribution is 5.78. The molecule has 1 rings (SSSR count). The Morgan fingerprint density at radius 1 is 1.50 bits per heavy atom. The molecule has 80 valence electrons. The molecule has 5 heteroatoms. The van der Waals surface area contributed by atoms with Crippen molar-refractivity contribution >= 4 is 11.9 Å². The smallest absolute Gasteiger partial charge is 0.305 e. The van der Waals surface area contributed by atoms with Crippen LogP contribution >= 0.6 is 0 Å². The monoisotopic (exact) mass is 200 g/mol. The fourth-order valence-corrected chi connectivity index (χ4v) is 1.59. The number of nitrogens with zero attached hydrogens (tertiary/aromatic N) is 2. The molecular weight excluding hydrogens is 184 g/mol. The minimum Gasteiger partial charge on any atom is -0.481 e. The fraction of sp³-hybridized carbons (Fsp3) is 0.778. The molecule has 1 N–H and O–H groups in total. The molecule has 0 aromatic carbocycles. The van der Waals surface area contributed by atoms with Gasteiger partial charge >= 0.3 is 5.97 Å². The van der Waals surface area contributed by atoms with E-state index in [1.807, 2.05) is 11.9 Å². The highest BCUT2D eigenvalue weighted by atomic mass is 16.4. The number of carboxylic acid groups (broad SMARTS) is 1. The number of amides is 1. The number of aliphatic carboxylic acids is 1. The lowest BCUT2D eigenvalue weighted by Crippen LogP contribution is -2.40. The van der Waals surface area contributed by atoms with Gasteiger partial charge in [0, 0.05) is 26.1 Å². The van der Waals surface area contributed by atoms with Crippen molar-refractivity contribution in [3.63, 3.8) is 0 Å². The van der Waals surface area contributed by atoms with E-state index in [2.05, 4.69) is 0 Å².